The van der Waals surface area contributed by atoms with E-state index in [1.165, 1.54) is 16.5 Å². The molecule has 0 saturated carbocycles. The lowest BCUT2D eigenvalue weighted by Gasteiger charge is -2.32. The number of aromatic amines is 1. The molecule has 4 aromatic rings. The number of aromatic nitrogens is 4. The lowest BCUT2D eigenvalue weighted by atomic mass is 9.89. The Morgan fingerprint density at radius 1 is 1.18 bits per heavy atom. The molecule has 2 aromatic carbocycles. The Morgan fingerprint density at radius 2 is 2.00 bits per heavy atom. The summed E-state index contributed by atoms with van der Waals surface area (Å²) in [7, 11) is 0. The van der Waals surface area contributed by atoms with E-state index in [0.717, 1.165) is 43.5 Å². The third kappa shape index (κ3) is 2.76. The highest BCUT2D eigenvalue weighted by molar-refractivity contribution is 5.97. The number of hydrogen-bond acceptors (Lipinski definition) is 3. The van der Waals surface area contributed by atoms with Crippen LogP contribution >= 0.6 is 0 Å². The van der Waals surface area contributed by atoms with Gasteiger partial charge in [-0.15, -0.1) is 5.10 Å². The zero-order chi connectivity index (χ0) is 19.1. The first-order chi connectivity index (χ1) is 13.7. The fourth-order valence-corrected chi connectivity index (χ4v) is 4.35. The van der Waals surface area contributed by atoms with Gasteiger partial charge in [0.05, 0.1) is 5.52 Å². The van der Waals surface area contributed by atoms with E-state index in [1.807, 2.05) is 34.7 Å². The highest BCUT2D eigenvalue weighted by Crippen LogP contribution is 2.33. The second-order valence-electron chi connectivity index (χ2n) is 7.46. The quantitative estimate of drug-likeness (QED) is 0.591. The second-order valence-corrected chi connectivity index (χ2v) is 7.46. The summed E-state index contributed by atoms with van der Waals surface area (Å²) in [5.41, 5.74) is 5.00. The van der Waals surface area contributed by atoms with Gasteiger partial charge in [0.25, 0.3) is 5.91 Å². The van der Waals surface area contributed by atoms with E-state index < -0.39 is 0 Å². The van der Waals surface area contributed by atoms with Crippen molar-refractivity contribution in [2.24, 2.45) is 0 Å². The number of fused-ring (bicyclic) bond motifs is 2. The first-order valence-corrected chi connectivity index (χ1v) is 9.93. The Hall–Kier alpha value is -3.15. The van der Waals surface area contributed by atoms with Crippen molar-refractivity contribution in [2.75, 3.05) is 13.1 Å². The molecule has 1 amide bonds. The number of aryl methyl sites for hydroxylation is 1. The van der Waals surface area contributed by atoms with Crippen LogP contribution in [0.1, 0.15) is 41.6 Å². The topological polar surface area (TPSA) is 66.8 Å². The van der Waals surface area contributed by atoms with Crippen molar-refractivity contribution < 1.29 is 4.79 Å². The molecule has 0 radical (unpaired) electrons. The van der Waals surface area contributed by atoms with Gasteiger partial charge in [-0.2, -0.15) is 0 Å². The number of hydrogen-bond donors (Lipinski definition) is 1. The molecule has 1 saturated heterocycles. The van der Waals surface area contributed by atoms with Crippen LogP contribution in [-0.4, -0.2) is 43.9 Å². The molecule has 1 aliphatic heterocycles. The summed E-state index contributed by atoms with van der Waals surface area (Å²) in [6, 6.07) is 14.1. The van der Waals surface area contributed by atoms with Crippen molar-refractivity contribution in [3.8, 4) is 0 Å². The van der Waals surface area contributed by atoms with Gasteiger partial charge in [0.15, 0.2) is 0 Å². The van der Waals surface area contributed by atoms with E-state index in [1.54, 1.807) is 0 Å². The molecule has 2 aromatic heterocycles. The number of piperidine rings is 1. The molecule has 0 spiro atoms. The lowest BCUT2D eigenvalue weighted by Crippen LogP contribution is -2.37. The molecule has 142 valence electrons. The van der Waals surface area contributed by atoms with Crippen LogP contribution in [0.2, 0.25) is 0 Å². The van der Waals surface area contributed by atoms with Gasteiger partial charge in [-0.05, 0) is 55.5 Å². The van der Waals surface area contributed by atoms with Crippen molar-refractivity contribution in [1.82, 2.24) is 24.9 Å². The minimum Gasteiger partial charge on any atom is -0.361 e. The Bertz CT molecular complexity index is 1150. The monoisotopic (exact) mass is 373 g/mol. The summed E-state index contributed by atoms with van der Waals surface area (Å²) in [6.07, 6.45) is 4.11. The first-order valence-electron chi connectivity index (χ1n) is 9.93. The van der Waals surface area contributed by atoms with E-state index in [-0.39, 0.29) is 5.91 Å². The van der Waals surface area contributed by atoms with Gasteiger partial charge < -0.3 is 9.88 Å². The summed E-state index contributed by atoms with van der Waals surface area (Å²) in [5, 5.41) is 9.62. The van der Waals surface area contributed by atoms with Gasteiger partial charge in [0.2, 0.25) is 0 Å². The van der Waals surface area contributed by atoms with Gasteiger partial charge in [-0.25, -0.2) is 4.68 Å². The van der Waals surface area contributed by atoms with Crippen LogP contribution in [0.5, 0.6) is 0 Å². The third-order valence-electron chi connectivity index (χ3n) is 5.90. The van der Waals surface area contributed by atoms with Crippen molar-refractivity contribution >= 4 is 27.8 Å². The normalized spacial score (nSPS) is 15.5. The fourth-order valence-electron chi connectivity index (χ4n) is 4.35. The van der Waals surface area contributed by atoms with Crippen molar-refractivity contribution in [1.29, 1.82) is 0 Å². The Kier molecular flexibility index (Phi) is 4.11. The molecular formula is C22H23N5O. The average molecular weight is 373 g/mol. The molecule has 0 aliphatic carbocycles. The van der Waals surface area contributed by atoms with E-state index in [9.17, 15) is 4.79 Å². The summed E-state index contributed by atoms with van der Waals surface area (Å²) >= 11 is 0. The molecule has 0 bridgehead atoms. The van der Waals surface area contributed by atoms with Crippen LogP contribution in [0.15, 0.2) is 48.7 Å². The average Bonchev–Trinajstić information content (AvgIpc) is 3.37. The van der Waals surface area contributed by atoms with Gasteiger partial charge in [-0.3, -0.25) is 4.79 Å². The van der Waals surface area contributed by atoms with Crippen LogP contribution in [-0.2, 0) is 6.54 Å². The zero-order valence-electron chi connectivity index (χ0n) is 15.9. The number of H-pyrrole nitrogens is 1. The highest BCUT2D eigenvalue weighted by atomic mass is 16.2. The number of nitrogens with one attached hydrogen (secondary N) is 1. The minimum absolute atomic E-state index is 0.0883. The van der Waals surface area contributed by atoms with Crippen LogP contribution in [0.4, 0.5) is 0 Å². The molecule has 6 heteroatoms. The molecule has 1 N–H and O–H groups in total. The lowest BCUT2D eigenvalue weighted by molar-refractivity contribution is 0.0713. The number of benzene rings is 2. The van der Waals surface area contributed by atoms with Gasteiger partial charge >= 0.3 is 0 Å². The van der Waals surface area contributed by atoms with E-state index in [0.29, 0.717) is 11.5 Å². The Balaban J connectivity index is 1.32. The van der Waals surface area contributed by atoms with Gasteiger partial charge in [0, 0.05) is 42.3 Å². The van der Waals surface area contributed by atoms with Crippen molar-refractivity contribution in [2.45, 2.75) is 32.2 Å². The third-order valence-corrected chi connectivity index (χ3v) is 5.90. The minimum atomic E-state index is 0.0883. The first kappa shape index (κ1) is 17.0. The van der Waals surface area contributed by atoms with Gasteiger partial charge in [0.1, 0.15) is 5.52 Å². The van der Waals surface area contributed by atoms with Crippen LogP contribution in [0.3, 0.4) is 0 Å². The predicted octanol–water partition coefficient (Wildman–Crippen LogP) is 3.95. The van der Waals surface area contributed by atoms with E-state index >= 15 is 0 Å². The summed E-state index contributed by atoms with van der Waals surface area (Å²) in [4.78, 5) is 18.3. The maximum atomic E-state index is 13.0. The second kappa shape index (κ2) is 6.78. The number of carbonyl (C=O) groups is 1. The highest BCUT2D eigenvalue weighted by Gasteiger charge is 2.26. The standard InChI is InChI=1S/C22H23N5O/c1-2-27-21-8-7-16(13-20(21)24-25-27)22(28)26-11-9-15(10-12-26)18-14-23-19-6-4-3-5-17(18)19/h3-8,13-15,23H,2,9-12H2,1H3. The smallest absolute Gasteiger partial charge is 0.253 e. The summed E-state index contributed by atoms with van der Waals surface area (Å²) in [5.74, 6) is 0.581. The molecule has 5 rings (SSSR count). The molecule has 1 fully saturated rings. The molecule has 0 atom stereocenters. The number of carbonyl (C=O) groups excluding carboxylic acids is 1. The number of amides is 1. The van der Waals surface area contributed by atoms with Crippen molar-refractivity contribution in [3.05, 3.63) is 59.8 Å². The molecule has 28 heavy (non-hydrogen) atoms. The van der Waals surface area contributed by atoms with Crippen LogP contribution in [0, 0.1) is 0 Å². The predicted molar refractivity (Wildman–Crippen MR) is 109 cm³/mol. The largest absolute Gasteiger partial charge is 0.361 e. The summed E-state index contributed by atoms with van der Waals surface area (Å²) in [6.45, 7) is 4.36. The van der Waals surface area contributed by atoms with E-state index in [2.05, 4.69) is 45.8 Å². The molecule has 6 nitrogen and oxygen atoms in total. The molecule has 3 heterocycles. The van der Waals surface area contributed by atoms with Gasteiger partial charge in [-0.1, -0.05) is 23.4 Å². The van der Waals surface area contributed by atoms with Crippen LogP contribution in [0.25, 0.3) is 21.9 Å². The van der Waals surface area contributed by atoms with E-state index in [4.69, 9.17) is 0 Å². The Morgan fingerprint density at radius 3 is 2.82 bits per heavy atom. The number of nitrogens with zero attached hydrogens (tertiary/aromatic N) is 4. The Labute approximate surface area is 163 Å². The van der Waals surface area contributed by atoms with Crippen LogP contribution < -0.4 is 0 Å². The maximum Gasteiger partial charge on any atom is 0.253 e. The molecule has 1 aliphatic rings. The summed E-state index contributed by atoms with van der Waals surface area (Å²) < 4.78 is 1.84. The fraction of sp³-hybridized carbons (Fsp3) is 0.318. The zero-order valence-corrected chi connectivity index (χ0v) is 15.9. The number of rotatable bonds is 3. The molecular weight excluding hydrogens is 350 g/mol. The maximum absolute atomic E-state index is 13.0. The molecule has 0 unspecified atom stereocenters. The van der Waals surface area contributed by atoms with Crippen molar-refractivity contribution in [3.63, 3.8) is 0 Å². The number of likely N-dealkylation sites (tertiary alicyclic amines) is 1. The number of para-hydroxylation sites is 1. The SMILES string of the molecule is CCn1nnc2cc(C(=O)N3CCC(c4c[nH]c5ccccc45)CC3)ccc21.